The molecule has 0 spiro atoms. The van der Waals surface area contributed by atoms with Crippen LogP contribution in [0.2, 0.25) is 0 Å². The van der Waals surface area contributed by atoms with E-state index in [-0.39, 0.29) is 11.8 Å². The van der Waals surface area contributed by atoms with Crippen molar-refractivity contribution in [3.05, 3.63) is 12.4 Å². The number of hydrogen-bond acceptors (Lipinski definition) is 2. The molecular formula is C12H17N3O. The molecule has 2 unspecified atom stereocenters. The second-order valence-electron chi connectivity index (χ2n) is 5.00. The lowest BCUT2D eigenvalue weighted by atomic mass is 10.0. The first-order valence-corrected chi connectivity index (χ1v) is 6.09. The first-order chi connectivity index (χ1) is 7.76. The van der Waals surface area contributed by atoms with Gasteiger partial charge in [-0.3, -0.25) is 9.48 Å². The number of fused-ring (bicyclic) bond motifs is 1. The van der Waals surface area contributed by atoms with Crippen molar-refractivity contribution in [3.63, 3.8) is 0 Å². The predicted octanol–water partition coefficient (Wildman–Crippen LogP) is 1.89. The van der Waals surface area contributed by atoms with Crippen LogP contribution in [0.15, 0.2) is 12.4 Å². The van der Waals surface area contributed by atoms with Crippen LogP contribution in [0.3, 0.4) is 0 Å². The SMILES string of the molecule is CCn1cc(NC(=O)C2CC3CC3C2)cn1. The van der Waals surface area contributed by atoms with Crippen molar-refractivity contribution >= 4 is 11.6 Å². The van der Waals surface area contributed by atoms with Gasteiger partial charge >= 0.3 is 0 Å². The molecular weight excluding hydrogens is 202 g/mol. The van der Waals surface area contributed by atoms with Gasteiger partial charge in [-0.05, 0) is 38.0 Å². The highest BCUT2D eigenvalue weighted by Crippen LogP contribution is 2.54. The Labute approximate surface area is 95.0 Å². The quantitative estimate of drug-likeness (QED) is 0.843. The molecule has 1 heterocycles. The molecule has 4 heteroatoms. The Bertz CT molecular complexity index is 402. The normalized spacial score (nSPS) is 31.2. The van der Waals surface area contributed by atoms with Crippen LogP contribution in [0, 0.1) is 17.8 Å². The van der Waals surface area contributed by atoms with Crippen LogP contribution in [0.5, 0.6) is 0 Å². The van der Waals surface area contributed by atoms with E-state index in [4.69, 9.17) is 0 Å². The maximum Gasteiger partial charge on any atom is 0.227 e. The Kier molecular flexibility index (Phi) is 2.23. The summed E-state index contributed by atoms with van der Waals surface area (Å²) in [6, 6.07) is 0. The van der Waals surface area contributed by atoms with Crippen LogP contribution in [0.25, 0.3) is 0 Å². The van der Waals surface area contributed by atoms with Crippen molar-refractivity contribution in [2.75, 3.05) is 5.32 Å². The van der Waals surface area contributed by atoms with Crippen LogP contribution in [-0.4, -0.2) is 15.7 Å². The van der Waals surface area contributed by atoms with E-state index < -0.39 is 0 Å². The molecule has 1 N–H and O–H groups in total. The Hall–Kier alpha value is -1.32. The number of carbonyl (C=O) groups is 1. The number of aromatic nitrogens is 2. The van der Waals surface area contributed by atoms with Crippen LogP contribution < -0.4 is 5.32 Å². The van der Waals surface area contributed by atoms with Crippen molar-refractivity contribution in [2.45, 2.75) is 32.7 Å². The van der Waals surface area contributed by atoms with Gasteiger partial charge in [-0.15, -0.1) is 0 Å². The molecule has 0 bridgehead atoms. The van der Waals surface area contributed by atoms with E-state index >= 15 is 0 Å². The van der Waals surface area contributed by atoms with Gasteiger partial charge in [-0.25, -0.2) is 0 Å². The number of rotatable bonds is 3. The summed E-state index contributed by atoms with van der Waals surface area (Å²) in [6.07, 6.45) is 7.15. The minimum absolute atomic E-state index is 0.183. The smallest absolute Gasteiger partial charge is 0.227 e. The summed E-state index contributed by atoms with van der Waals surface area (Å²) in [5.41, 5.74) is 0.826. The van der Waals surface area contributed by atoms with Gasteiger partial charge < -0.3 is 5.32 Å². The Morgan fingerprint density at radius 1 is 1.50 bits per heavy atom. The first kappa shape index (κ1) is 9.87. The molecule has 4 nitrogen and oxygen atoms in total. The van der Waals surface area contributed by atoms with Crippen LogP contribution in [-0.2, 0) is 11.3 Å². The van der Waals surface area contributed by atoms with Crippen LogP contribution >= 0.6 is 0 Å². The summed E-state index contributed by atoms with van der Waals surface area (Å²) >= 11 is 0. The third-order valence-corrected chi connectivity index (χ3v) is 3.84. The second kappa shape index (κ2) is 3.61. The summed E-state index contributed by atoms with van der Waals surface area (Å²) in [5, 5.41) is 7.10. The number of amides is 1. The number of carbonyl (C=O) groups excluding carboxylic acids is 1. The van der Waals surface area contributed by atoms with E-state index in [1.54, 1.807) is 6.20 Å². The average Bonchev–Trinajstić information content (AvgIpc) is 2.74. The molecule has 2 atom stereocenters. The topological polar surface area (TPSA) is 46.9 Å². The zero-order chi connectivity index (χ0) is 11.1. The zero-order valence-electron chi connectivity index (χ0n) is 9.52. The molecule has 86 valence electrons. The highest BCUT2D eigenvalue weighted by atomic mass is 16.1. The van der Waals surface area contributed by atoms with E-state index in [9.17, 15) is 4.79 Å². The van der Waals surface area contributed by atoms with Gasteiger partial charge in [0.1, 0.15) is 0 Å². The Morgan fingerprint density at radius 2 is 2.25 bits per heavy atom. The van der Waals surface area contributed by atoms with Gasteiger partial charge in [0.15, 0.2) is 0 Å². The lowest BCUT2D eigenvalue weighted by Gasteiger charge is -2.10. The predicted molar refractivity (Wildman–Crippen MR) is 60.9 cm³/mol. The van der Waals surface area contributed by atoms with E-state index in [0.717, 1.165) is 36.9 Å². The highest BCUT2D eigenvalue weighted by Gasteiger charge is 2.47. The molecule has 2 aliphatic rings. The standard InChI is InChI=1S/C12H17N3O/c1-2-15-7-11(6-13-15)14-12(16)10-4-8-3-9(8)5-10/h6-10H,2-5H2,1H3,(H,14,16). The maximum absolute atomic E-state index is 11.9. The number of nitrogens with zero attached hydrogens (tertiary/aromatic N) is 2. The van der Waals surface area contributed by atoms with Crippen LogP contribution in [0.1, 0.15) is 26.2 Å². The third-order valence-electron chi connectivity index (χ3n) is 3.84. The van der Waals surface area contributed by atoms with Gasteiger partial charge in [-0.2, -0.15) is 5.10 Å². The third kappa shape index (κ3) is 1.72. The molecule has 1 aromatic rings. The van der Waals surface area contributed by atoms with Crippen molar-refractivity contribution in [2.24, 2.45) is 17.8 Å². The zero-order valence-corrected chi connectivity index (χ0v) is 9.52. The van der Waals surface area contributed by atoms with E-state index in [1.165, 1.54) is 6.42 Å². The van der Waals surface area contributed by atoms with Crippen molar-refractivity contribution in [3.8, 4) is 0 Å². The van der Waals surface area contributed by atoms with Gasteiger partial charge in [0.25, 0.3) is 0 Å². The second-order valence-corrected chi connectivity index (χ2v) is 5.00. The maximum atomic E-state index is 11.9. The number of nitrogens with one attached hydrogen (secondary N) is 1. The molecule has 2 aliphatic carbocycles. The molecule has 1 aromatic heterocycles. The molecule has 1 amide bonds. The van der Waals surface area contributed by atoms with Gasteiger partial charge in [-0.1, -0.05) is 0 Å². The van der Waals surface area contributed by atoms with Crippen molar-refractivity contribution < 1.29 is 4.79 Å². The molecule has 0 aromatic carbocycles. The summed E-state index contributed by atoms with van der Waals surface area (Å²) in [4.78, 5) is 11.9. The van der Waals surface area contributed by atoms with Crippen molar-refractivity contribution in [1.82, 2.24) is 9.78 Å². The van der Waals surface area contributed by atoms with Crippen LogP contribution in [0.4, 0.5) is 5.69 Å². The summed E-state index contributed by atoms with van der Waals surface area (Å²) in [6.45, 7) is 2.87. The van der Waals surface area contributed by atoms with E-state index in [1.807, 2.05) is 17.8 Å². The fraction of sp³-hybridized carbons (Fsp3) is 0.667. The molecule has 0 saturated heterocycles. The molecule has 3 rings (SSSR count). The Morgan fingerprint density at radius 3 is 2.88 bits per heavy atom. The largest absolute Gasteiger partial charge is 0.323 e. The van der Waals surface area contributed by atoms with Gasteiger partial charge in [0, 0.05) is 18.7 Å². The molecule has 0 radical (unpaired) electrons. The highest BCUT2D eigenvalue weighted by molar-refractivity contribution is 5.92. The summed E-state index contributed by atoms with van der Waals surface area (Å²) in [5.74, 6) is 2.14. The van der Waals surface area contributed by atoms with E-state index in [2.05, 4.69) is 10.4 Å². The molecule has 2 saturated carbocycles. The van der Waals surface area contributed by atoms with Gasteiger partial charge in [0.05, 0.1) is 11.9 Å². The summed E-state index contributed by atoms with van der Waals surface area (Å²) in [7, 11) is 0. The minimum atomic E-state index is 0.183. The number of hydrogen-bond donors (Lipinski definition) is 1. The first-order valence-electron chi connectivity index (χ1n) is 6.09. The molecule has 16 heavy (non-hydrogen) atoms. The monoisotopic (exact) mass is 219 g/mol. The fourth-order valence-electron chi connectivity index (χ4n) is 2.77. The lowest BCUT2D eigenvalue weighted by molar-refractivity contribution is -0.120. The lowest BCUT2D eigenvalue weighted by Crippen LogP contribution is -2.21. The Balaban J connectivity index is 1.59. The summed E-state index contributed by atoms with van der Waals surface area (Å²) < 4.78 is 1.82. The fourth-order valence-corrected chi connectivity index (χ4v) is 2.77. The van der Waals surface area contributed by atoms with E-state index in [0.29, 0.717) is 0 Å². The molecule has 2 fully saturated rings. The van der Waals surface area contributed by atoms with Gasteiger partial charge in [0.2, 0.25) is 5.91 Å². The molecule has 0 aliphatic heterocycles. The number of anilines is 1. The number of aryl methyl sites for hydroxylation is 1. The van der Waals surface area contributed by atoms with Crippen molar-refractivity contribution in [1.29, 1.82) is 0 Å². The average molecular weight is 219 g/mol. The minimum Gasteiger partial charge on any atom is -0.323 e.